The molecule has 0 heterocycles. The third-order valence-corrected chi connectivity index (χ3v) is 1.27. The molecule has 76 valence electrons. The van der Waals surface area contributed by atoms with Crippen LogP contribution in [0.5, 0.6) is 0 Å². The van der Waals surface area contributed by atoms with Crippen LogP contribution in [0, 0.1) is 20.2 Å². The summed E-state index contributed by atoms with van der Waals surface area (Å²) in [5.74, 6) is 8.00. The average molecular weight is 200 g/mol. The zero-order valence-corrected chi connectivity index (χ0v) is 6.99. The second-order valence-corrected chi connectivity index (χ2v) is 2.03. The first-order chi connectivity index (χ1) is 6.61. The van der Waals surface area contributed by atoms with Crippen molar-refractivity contribution >= 4 is 11.4 Å². The Morgan fingerprint density at radius 2 is 1.07 bits per heavy atom. The Bertz CT molecular complexity index is 290. The molecular weight excluding hydrogens is 192 g/mol. The molecule has 0 amide bonds. The minimum atomic E-state index is -0.607. The van der Waals surface area contributed by atoms with Gasteiger partial charge in [-0.3, -0.25) is 31.9 Å². The highest BCUT2D eigenvalue weighted by molar-refractivity contribution is 5.39. The molecule has 14 heavy (non-hydrogen) atoms. The molecule has 0 fully saturated rings. The highest BCUT2D eigenvalue weighted by atomic mass is 16.6. The molecule has 0 spiro atoms. The van der Waals surface area contributed by atoms with Crippen molar-refractivity contribution < 1.29 is 9.85 Å². The first-order valence-electron chi connectivity index (χ1n) is 3.33. The zero-order chi connectivity index (χ0) is 11.1. The fraction of sp³-hybridized carbons (Fsp3) is 0. The van der Waals surface area contributed by atoms with E-state index in [9.17, 15) is 20.2 Å². The Balaban J connectivity index is 0.000000791. The number of nitrogens with two attached hydrogens (primary N) is 2. The van der Waals surface area contributed by atoms with Crippen molar-refractivity contribution in [2.24, 2.45) is 11.7 Å². The number of hydrazine groups is 1. The Morgan fingerprint density at radius 3 is 1.21 bits per heavy atom. The minimum Gasteiger partial charge on any atom is -0.274 e. The monoisotopic (exact) mass is 200 g/mol. The molecule has 0 atom stereocenters. The Morgan fingerprint density at radius 1 is 0.857 bits per heavy atom. The lowest BCUT2D eigenvalue weighted by atomic mass is 10.3. The number of hydrogen-bond acceptors (Lipinski definition) is 6. The van der Waals surface area contributed by atoms with Gasteiger partial charge in [-0.1, -0.05) is 0 Å². The van der Waals surface area contributed by atoms with Crippen LogP contribution < -0.4 is 11.7 Å². The fourth-order valence-electron chi connectivity index (χ4n) is 0.696. The van der Waals surface area contributed by atoms with E-state index >= 15 is 0 Å². The van der Waals surface area contributed by atoms with Crippen LogP contribution in [-0.2, 0) is 0 Å². The molecule has 0 unspecified atom stereocenters. The van der Waals surface area contributed by atoms with Gasteiger partial charge in [-0.05, 0) is 0 Å². The van der Waals surface area contributed by atoms with E-state index in [0.29, 0.717) is 0 Å². The van der Waals surface area contributed by atoms with E-state index in [2.05, 4.69) is 11.7 Å². The largest absolute Gasteiger partial charge is 0.274 e. The second kappa shape index (κ2) is 5.56. The fourth-order valence-corrected chi connectivity index (χ4v) is 0.696. The standard InChI is InChI=1S/C6H4N2O4.H4N2/c9-7(10)5-1-2-6(4-3-5)8(11)12;1-2/h1-4H;1-2H2. The Labute approximate surface area is 78.4 Å². The van der Waals surface area contributed by atoms with Crippen LogP contribution in [0.25, 0.3) is 0 Å². The van der Waals surface area contributed by atoms with Crippen LogP contribution in [0.1, 0.15) is 0 Å². The van der Waals surface area contributed by atoms with Crippen LogP contribution in [0.15, 0.2) is 24.3 Å². The van der Waals surface area contributed by atoms with Crippen LogP contribution >= 0.6 is 0 Å². The molecule has 1 aromatic carbocycles. The molecule has 0 aliphatic carbocycles. The lowest BCUT2D eigenvalue weighted by Crippen LogP contribution is -2.02. The summed E-state index contributed by atoms with van der Waals surface area (Å²) in [4.78, 5) is 19.0. The summed E-state index contributed by atoms with van der Waals surface area (Å²) in [5, 5.41) is 20.2. The topological polar surface area (TPSA) is 138 Å². The first kappa shape index (κ1) is 11.9. The van der Waals surface area contributed by atoms with E-state index in [1.807, 2.05) is 0 Å². The van der Waals surface area contributed by atoms with E-state index in [-0.39, 0.29) is 11.4 Å². The summed E-state index contributed by atoms with van der Waals surface area (Å²) in [6, 6.07) is 4.38. The van der Waals surface area contributed by atoms with E-state index in [1.54, 1.807) is 0 Å². The Kier molecular flexibility index (Phi) is 4.74. The van der Waals surface area contributed by atoms with E-state index in [0.717, 1.165) is 24.3 Å². The maximum atomic E-state index is 10.1. The number of nitrogens with zero attached hydrogens (tertiary/aromatic N) is 2. The summed E-state index contributed by atoms with van der Waals surface area (Å²) in [6.07, 6.45) is 0. The maximum absolute atomic E-state index is 10.1. The molecule has 0 saturated carbocycles. The Hall–Kier alpha value is -2.06. The molecule has 4 N–H and O–H groups in total. The molecule has 8 heteroatoms. The second-order valence-electron chi connectivity index (χ2n) is 2.03. The molecule has 0 saturated heterocycles. The molecular formula is C6H8N4O4. The SMILES string of the molecule is NN.O=[N+]([O-])c1ccc([N+](=O)[O-])cc1. The molecule has 0 aliphatic rings. The third kappa shape index (κ3) is 3.13. The lowest BCUT2D eigenvalue weighted by molar-refractivity contribution is -0.389. The highest BCUT2D eigenvalue weighted by Gasteiger charge is 2.08. The summed E-state index contributed by atoms with van der Waals surface area (Å²) in [7, 11) is 0. The third-order valence-electron chi connectivity index (χ3n) is 1.27. The normalized spacial score (nSPS) is 8.43. The number of non-ortho nitro benzene ring substituents is 2. The number of rotatable bonds is 2. The zero-order valence-electron chi connectivity index (χ0n) is 6.99. The van der Waals surface area contributed by atoms with E-state index < -0.39 is 9.85 Å². The van der Waals surface area contributed by atoms with Crippen molar-refractivity contribution in [2.75, 3.05) is 0 Å². The van der Waals surface area contributed by atoms with E-state index in [4.69, 9.17) is 0 Å². The molecule has 8 nitrogen and oxygen atoms in total. The van der Waals surface area contributed by atoms with Gasteiger partial charge < -0.3 is 0 Å². The van der Waals surface area contributed by atoms with Crippen molar-refractivity contribution in [3.05, 3.63) is 44.5 Å². The van der Waals surface area contributed by atoms with Crippen LogP contribution in [0.4, 0.5) is 11.4 Å². The summed E-state index contributed by atoms with van der Waals surface area (Å²) >= 11 is 0. The highest BCUT2D eigenvalue weighted by Crippen LogP contribution is 2.16. The first-order valence-corrected chi connectivity index (χ1v) is 3.33. The van der Waals surface area contributed by atoms with Crippen molar-refractivity contribution in [2.45, 2.75) is 0 Å². The smallest absolute Gasteiger partial charge is 0.269 e. The van der Waals surface area contributed by atoms with Gasteiger partial charge in [0, 0.05) is 24.3 Å². The van der Waals surface area contributed by atoms with Gasteiger partial charge in [0.05, 0.1) is 9.85 Å². The van der Waals surface area contributed by atoms with Gasteiger partial charge in [0.25, 0.3) is 11.4 Å². The van der Waals surface area contributed by atoms with E-state index in [1.165, 1.54) is 0 Å². The molecule has 1 rings (SSSR count). The quantitative estimate of drug-likeness (QED) is 0.400. The van der Waals surface area contributed by atoms with Gasteiger partial charge in [-0.15, -0.1) is 0 Å². The molecule has 0 bridgehead atoms. The number of nitro benzene ring substituents is 2. The van der Waals surface area contributed by atoms with Gasteiger partial charge in [-0.25, -0.2) is 0 Å². The number of nitro groups is 2. The predicted molar refractivity (Wildman–Crippen MR) is 48.1 cm³/mol. The minimum absolute atomic E-state index is 0.152. The molecule has 0 aliphatic heterocycles. The van der Waals surface area contributed by atoms with Crippen molar-refractivity contribution in [3.8, 4) is 0 Å². The van der Waals surface area contributed by atoms with Gasteiger partial charge >= 0.3 is 0 Å². The van der Waals surface area contributed by atoms with Gasteiger partial charge in [0.2, 0.25) is 0 Å². The number of hydrogen-bond donors (Lipinski definition) is 2. The van der Waals surface area contributed by atoms with Crippen LogP contribution in [-0.4, -0.2) is 9.85 Å². The van der Waals surface area contributed by atoms with Crippen molar-refractivity contribution in [1.29, 1.82) is 0 Å². The van der Waals surface area contributed by atoms with Crippen molar-refractivity contribution in [1.82, 2.24) is 0 Å². The number of benzene rings is 1. The van der Waals surface area contributed by atoms with Crippen LogP contribution in [0.3, 0.4) is 0 Å². The molecule has 0 aromatic heterocycles. The van der Waals surface area contributed by atoms with Gasteiger partial charge in [-0.2, -0.15) is 0 Å². The predicted octanol–water partition coefficient (Wildman–Crippen LogP) is 0.322. The summed E-state index contributed by atoms with van der Waals surface area (Å²) in [5.41, 5.74) is -0.304. The van der Waals surface area contributed by atoms with Gasteiger partial charge in [0.1, 0.15) is 0 Å². The van der Waals surface area contributed by atoms with Crippen LogP contribution in [0.2, 0.25) is 0 Å². The summed E-state index contributed by atoms with van der Waals surface area (Å²) < 4.78 is 0. The average Bonchev–Trinajstić information content (AvgIpc) is 2.21. The lowest BCUT2D eigenvalue weighted by Gasteiger charge is -1.90. The molecule has 0 radical (unpaired) electrons. The summed E-state index contributed by atoms with van der Waals surface area (Å²) in [6.45, 7) is 0. The maximum Gasteiger partial charge on any atom is 0.269 e. The molecule has 1 aromatic rings. The van der Waals surface area contributed by atoms with Crippen molar-refractivity contribution in [3.63, 3.8) is 0 Å². The van der Waals surface area contributed by atoms with Gasteiger partial charge in [0.15, 0.2) is 0 Å².